The fourth-order valence-corrected chi connectivity index (χ4v) is 2.48. The first-order valence-corrected chi connectivity index (χ1v) is 4.88. The van der Waals surface area contributed by atoms with Crippen molar-refractivity contribution in [3.05, 3.63) is 47.7 Å². The summed E-state index contributed by atoms with van der Waals surface area (Å²) in [7, 11) is 0. The van der Waals surface area contributed by atoms with Gasteiger partial charge in [-0.05, 0) is 25.0 Å². The van der Waals surface area contributed by atoms with Crippen molar-refractivity contribution in [2.75, 3.05) is 0 Å². The highest BCUT2D eigenvalue weighted by Gasteiger charge is 2.56. The first-order chi connectivity index (χ1) is 6.67. The van der Waals surface area contributed by atoms with Gasteiger partial charge < -0.3 is 0 Å². The third-order valence-corrected chi connectivity index (χ3v) is 3.73. The Labute approximate surface area is 83.4 Å². The second-order valence-corrected chi connectivity index (χ2v) is 4.39. The zero-order valence-corrected chi connectivity index (χ0v) is 8.36. The number of nitrogens with zero attached hydrogens (tertiary/aromatic N) is 2. The summed E-state index contributed by atoms with van der Waals surface area (Å²) in [5, 5.41) is 8.41. The third kappa shape index (κ3) is 0.649. The van der Waals surface area contributed by atoms with Crippen LogP contribution in [0.3, 0.4) is 0 Å². The topological polar surface area (TPSA) is 24.7 Å². The number of hydrogen-bond donors (Lipinski definition) is 0. The van der Waals surface area contributed by atoms with Crippen LogP contribution in [0.4, 0.5) is 0 Å². The van der Waals surface area contributed by atoms with E-state index in [0.717, 1.165) is 0 Å². The molecule has 0 bridgehead atoms. The molecule has 0 aromatic rings. The first kappa shape index (κ1) is 7.92. The van der Waals surface area contributed by atoms with Crippen molar-refractivity contribution in [2.45, 2.75) is 19.4 Å². The van der Waals surface area contributed by atoms with Crippen LogP contribution in [0.2, 0.25) is 0 Å². The summed E-state index contributed by atoms with van der Waals surface area (Å²) in [4.78, 5) is 0. The van der Waals surface area contributed by atoms with E-state index in [-0.39, 0.29) is 11.0 Å². The minimum Gasteiger partial charge on any atom is -0.177 e. The SMILES string of the molecule is CC12C=C3C=CC=CC(=CN=N1)C32C. The number of azo groups is 1. The molecule has 0 amide bonds. The van der Waals surface area contributed by atoms with Crippen LogP contribution >= 0.6 is 0 Å². The van der Waals surface area contributed by atoms with E-state index in [9.17, 15) is 0 Å². The Morgan fingerprint density at radius 2 is 1.79 bits per heavy atom. The molecule has 0 saturated heterocycles. The Bertz CT molecular complexity index is 451. The minimum absolute atomic E-state index is 0.0399. The predicted molar refractivity (Wildman–Crippen MR) is 55.8 cm³/mol. The second kappa shape index (κ2) is 2.14. The van der Waals surface area contributed by atoms with Crippen LogP contribution in [0.25, 0.3) is 0 Å². The van der Waals surface area contributed by atoms with Crippen molar-refractivity contribution in [1.29, 1.82) is 0 Å². The van der Waals surface area contributed by atoms with Crippen LogP contribution in [0.15, 0.2) is 58.0 Å². The number of hydrogen-bond acceptors (Lipinski definition) is 2. The Morgan fingerprint density at radius 3 is 2.57 bits per heavy atom. The molecular weight excluding hydrogens is 172 g/mol. The lowest BCUT2D eigenvalue weighted by molar-refractivity contribution is 0.256. The van der Waals surface area contributed by atoms with Crippen molar-refractivity contribution in [1.82, 2.24) is 0 Å². The fourth-order valence-electron chi connectivity index (χ4n) is 2.48. The maximum atomic E-state index is 4.33. The zero-order chi connectivity index (χ0) is 9.81. The molecule has 2 aliphatic carbocycles. The van der Waals surface area contributed by atoms with Gasteiger partial charge in [0.15, 0.2) is 0 Å². The van der Waals surface area contributed by atoms with Crippen LogP contribution < -0.4 is 0 Å². The normalized spacial score (nSPS) is 42.1. The summed E-state index contributed by atoms with van der Waals surface area (Å²) in [5.74, 6) is 0. The molecule has 2 nitrogen and oxygen atoms in total. The van der Waals surface area contributed by atoms with Crippen LogP contribution in [0.5, 0.6) is 0 Å². The molecule has 3 aliphatic rings. The molecule has 0 aromatic heterocycles. The maximum absolute atomic E-state index is 4.33. The molecule has 0 aromatic carbocycles. The van der Waals surface area contributed by atoms with Crippen molar-refractivity contribution >= 4 is 0 Å². The van der Waals surface area contributed by atoms with E-state index < -0.39 is 0 Å². The highest BCUT2D eigenvalue weighted by atomic mass is 15.2. The van der Waals surface area contributed by atoms with Crippen molar-refractivity contribution in [3.8, 4) is 0 Å². The Hall–Kier alpha value is -1.44. The Kier molecular flexibility index (Phi) is 1.21. The van der Waals surface area contributed by atoms with Gasteiger partial charge in [-0.2, -0.15) is 10.2 Å². The monoisotopic (exact) mass is 184 g/mol. The van der Waals surface area contributed by atoms with Gasteiger partial charge in [-0.25, -0.2) is 0 Å². The van der Waals surface area contributed by atoms with Gasteiger partial charge in [-0.1, -0.05) is 30.4 Å². The molecule has 0 radical (unpaired) electrons. The number of rotatable bonds is 0. The van der Waals surface area contributed by atoms with Gasteiger partial charge >= 0.3 is 0 Å². The van der Waals surface area contributed by atoms with Gasteiger partial charge in [0, 0.05) is 5.41 Å². The van der Waals surface area contributed by atoms with Crippen molar-refractivity contribution < 1.29 is 0 Å². The van der Waals surface area contributed by atoms with Gasteiger partial charge in [-0.3, -0.25) is 0 Å². The Balaban J connectivity index is 2.30. The maximum Gasteiger partial charge on any atom is 0.111 e. The zero-order valence-electron chi connectivity index (χ0n) is 8.36. The smallest absolute Gasteiger partial charge is 0.111 e. The van der Waals surface area contributed by atoms with Gasteiger partial charge in [-0.15, -0.1) is 0 Å². The Morgan fingerprint density at radius 1 is 1.07 bits per heavy atom. The van der Waals surface area contributed by atoms with E-state index in [1.807, 2.05) is 6.20 Å². The summed E-state index contributed by atoms with van der Waals surface area (Å²) in [6.07, 6.45) is 12.5. The summed E-state index contributed by atoms with van der Waals surface area (Å²) < 4.78 is 0. The molecule has 2 atom stereocenters. The van der Waals surface area contributed by atoms with Gasteiger partial charge in [0.1, 0.15) is 5.54 Å². The van der Waals surface area contributed by atoms with Crippen molar-refractivity contribution in [3.63, 3.8) is 0 Å². The lowest BCUT2D eigenvalue weighted by Crippen LogP contribution is -2.51. The van der Waals surface area contributed by atoms with E-state index in [4.69, 9.17) is 0 Å². The summed E-state index contributed by atoms with van der Waals surface area (Å²) in [5.41, 5.74) is 2.52. The molecule has 0 saturated carbocycles. The molecule has 3 rings (SSSR count). The summed E-state index contributed by atoms with van der Waals surface area (Å²) in [6, 6.07) is 0. The van der Waals surface area contributed by atoms with Crippen LogP contribution in [0, 0.1) is 5.41 Å². The van der Waals surface area contributed by atoms with E-state index in [1.165, 1.54) is 11.1 Å². The molecule has 1 aliphatic heterocycles. The predicted octanol–water partition coefficient (Wildman–Crippen LogP) is 3.17. The van der Waals surface area contributed by atoms with Crippen LogP contribution in [0.1, 0.15) is 13.8 Å². The quantitative estimate of drug-likeness (QED) is 0.552. The highest BCUT2D eigenvalue weighted by molar-refractivity contribution is 5.58. The summed E-state index contributed by atoms with van der Waals surface area (Å²) in [6.45, 7) is 4.38. The molecule has 70 valence electrons. The minimum atomic E-state index is -0.133. The third-order valence-electron chi connectivity index (χ3n) is 3.73. The van der Waals surface area contributed by atoms with Crippen LogP contribution in [-0.4, -0.2) is 5.54 Å². The molecule has 0 fully saturated rings. The summed E-state index contributed by atoms with van der Waals surface area (Å²) >= 11 is 0. The van der Waals surface area contributed by atoms with Gasteiger partial charge in [0.2, 0.25) is 0 Å². The lowest BCUT2D eigenvalue weighted by atomic mass is 9.54. The van der Waals surface area contributed by atoms with E-state index in [2.05, 4.69) is 54.5 Å². The molecule has 2 heteroatoms. The molecule has 14 heavy (non-hydrogen) atoms. The second-order valence-electron chi connectivity index (χ2n) is 4.39. The first-order valence-electron chi connectivity index (χ1n) is 4.88. The molecule has 0 N–H and O–H groups in total. The largest absolute Gasteiger partial charge is 0.177 e. The van der Waals surface area contributed by atoms with E-state index in [1.54, 1.807) is 0 Å². The molecule has 2 unspecified atom stereocenters. The van der Waals surface area contributed by atoms with Gasteiger partial charge in [0.25, 0.3) is 0 Å². The van der Waals surface area contributed by atoms with Gasteiger partial charge in [0.05, 0.1) is 6.20 Å². The van der Waals surface area contributed by atoms with E-state index in [0.29, 0.717) is 0 Å². The number of allylic oxidation sites excluding steroid dienone is 4. The molecule has 0 spiro atoms. The van der Waals surface area contributed by atoms with Crippen molar-refractivity contribution in [2.24, 2.45) is 15.6 Å². The molecule has 1 heterocycles. The average Bonchev–Trinajstić information content (AvgIpc) is 2.31. The van der Waals surface area contributed by atoms with Crippen LogP contribution in [-0.2, 0) is 0 Å². The fraction of sp³-hybridized carbons (Fsp3) is 0.333. The van der Waals surface area contributed by atoms with E-state index >= 15 is 0 Å². The lowest BCUT2D eigenvalue weighted by Gasteiger charge is -2.52. The molecular formula is C12H12N2. The standard InChI is InChI=1S/C12H12N2/c1-11-7-9-5-3-4-6-10(8-13-14-11)12(9,11)2/h3-8H,1-2H3. The highest BCUT2D eigenvalue weighted by Crippen LogP contribution is 2.58. The average molecular weight is 184 g/mol.